The van der Waals surface area contributed by atoms with Crippen LogP contribution in [0.4, 0.5) is 0 Å². The Hall–Kier alpha value is -1.28. The van der Waals surface area contributed by atoms with Gasteiger partial charge in [-0.15, -0.1) is 0 Å². The maximum Gasteiger partial charge on any atom is 0.119 e. The van der Waals surface area contributed by atoms with Crippen molar-refractivity contribution in [2.75, 3.05) is 6.61 Å². The Balaban J connectivity index is 1.77. The van der Waals surface area contributed by atoms with Crippen LogP contribution in [0.15, 0.2) is 36.4 Å². The van der Waals surface area contributed by atoms with Gasteiger partial charge in [0.25, 0.3) is 0 Å². The largest absolute Gasteiger partial charge is 0.489 e. The fraction of sp³-hybridized carbons (Fsp3) is 0.556. The zero-order valence-corrected chi connectivity index (χ0v) is 12.8. The van der Waals surface area contributed by atoms with E-state index in [1.165, 1.54) is 31.2 Å². The van der Waals surface area contributed by atoms with Crippen molar-refractivity contribution in [1.82, 2.24) is 5.32 Å². The number of benzene rings is 1. The Morgan fingerprint density at radius 2 is 2.05 bits per heavy atom. The minimum absolute atomic E-state index is 0.595. The van der Waals surface area contributed by atoms with Crippen molar-refractivity contribution in [1.29, 1.82) is 0 Å². The minimum Gasteiger partial charge on any atom is -0.489 e. The van der Waals surface area contributed by atoms with Crippen molar-refractivity contribution in [2.45, 2.75) is 52.1 Å². The molecular weight excluding hydrogens is 246 g/mol. The first-order valence-electron chi connectivity index (χ1n) is 7.73. The molecule has 2 atom stereocenters. The molecule has 0 aliphatic heterocycles. The molecule has 1 aliphatic carbocycles. The van der Waals surface area contributed by atoms with E-state index in [4.69, 9.17) is 4.74 Å². The van der Waals surface area contributed by atoms with Gasteiger partial charge in [-0.1, -0.05) is 38.5 Å². The van der Waals surface area contributed by atoms with Gasteiger partial charge in [0.1, 0.15) is 12.4 Å². The molecule has 1 saturated carbocycles. The maximum absolute atomic E-state index is 5.61. The first-order chi connectivity index (χ1) is 9.63. The van der Waals surface area contributed by atoms with Crippen LogP contribution >= 0.6 is 0 Å². The summed E-state index contributed by atoms with van der Waals surface area (Å²) < 4.78 is 5.61. The van der Waals surface area contributed by atoms with E-state index in [2.05, 4.69) is 31.0 Å². The van der Waals surface area contributed by atoms with Crippen LogP contribution in [0.1, 0.15) is 45.1 Å². The third-order valence-electron chi connectivity index (χ3n) is 3.94. The number of hydrogen-bond acceptors (Lipinski definition) is 2. The van der Waals surface area contributed by atoms with Crippen molar-refractivity contribution in [3.63, 3.8) is 0 Å². The molecule has 2 heteroatoms. The lowest BCUT2D eigenvalue weighted by molar-refractivity contribution is 0.300. The molecule has 110 valence electrons. The van der Waals surface area contributed by atoms with E-state index in [0.717, 1.165) is 23.8 Å². The second-order valence-electron chi connectivity index (χ2n) is 6.24. The van der Waals surface area contributed by atoms with Crippen LogP contribution in [-0.4, -0.2) is 12.6 Å². The van der Waals surface area contributed by atoms with Crippen molar-refractivity contribution in [3.05, 3.63) is 42.0 Å². The van der Waals surface area contributed by atoms with Crippen molar-refractivity contribution >= 4 is 0 Å². The average Bonchev–Trinajstić information content (AvgIpc) is 2.44. The van der Waals surface area contributed by atoms with Crippen LogP contribution in [-0.2, 0) is 6.54 Å². The molecule has 0 aromatic heterocycles. The van der Waals surface area contributed by atoms with Gasteiger partial charge in [-0.3, -0.25) is 0 Å². The van der Waals surface area contributed by atoms with E-state index < -0.39 is 0 Å². The van der Waals surface area contributed by atoms with Gasteiger partial charge in [0.15, 0.2) is 0 Å². The van der Waals surface area contributed by atoms with Crippen molar-refractivity contribution in [2.24, 2.45) is 5.92 Å². The molecule has 1 aliphatic rings. The van der Waals surface area contributed by atoms with Crippen molar-refractivity contribution < 1.29 is 4.74 Å². The highest BCUT2D eigenvalue weighted by atomic mass is 16.5. The predicted molar refractivity (Wildman–Crippen MR) is 85.0 cm³/mol. The Kier molecular flexibility index (Phi) is 5.66. The summed E-state index contributed by atoms with van der Waals surface area (Å²) in [5.74, 6) is 1.79. The van der Waals surface area contributed by atoms with Gasteiger partial charge >= 0.3 is 0 Å². The summed E-state index contributed by atoms with van der Waals surface area (Å²) in [6.45, 7) is 9.73. The summed E-state index contributed by atoms with van der Waals surface area (Å²) in [7, 11) is 0. The first kappa shape index (κ1) is 15.1. The second kappa shape index (κ2) is 7.49. The Bertz CT molecular complexity index is 424. The number of ether oxygens (including phenoxy) is 1. The number of nitrogens with one attached hydrogen (secondary N) is 1. The van der Waals surface area contributed by atoms with Crippen LogP contribution < -0.4 is 10.1 Å². The standard InChI is InChI=1S/C18H27NO/c1-14(2)13-20-18-9-7-16(8-10-18)12-19-17-6-4-5-15(3)11-17/h7-10,15,17,19H,1,4-6,11-13H2,2-3H3. The van der Waals surface area contributed by atoms with Gasteiger partial charge in [0.2, 0.25) is 0 Å². The SMILES string of the molecule is C=C(C)COc1ccc(CNC2CCCC(C)C2)cc1. The second-order valence-corrected chi connectivity index (χ2v) is 6.24. The lowest BCUT2D eigenvalue weighted by Crippen LogP contribution is -2.33. The Morgan fingerprint density at radius 1 is 1.30 bits per heavy atom. The molecule has 0 saturated heterocycles. The Labute approximate surface area is 123 Å². The third kappa shape index (κ3) is 5.01. The van der Waals surface area contributed by atoms with E-state index in [-0.39, 0.29) is 0 Å². The first-order valence-corrected chi connectivity index (χ1v) is 7.73. The zero-order valence-electron chi connectivity index (χ0n) is 12.8. The van der Waals surface area contributed by atoms with Crippen LogP contribution in [0.2, 0.25) is 0 Å². The highest BCUT2D eigenvalue weighted by Gasteiger charge is 2.17. The van der Waals surface area contributed by atoms with Crippen LogP contribution in [0, 0.1) is 5.92 Å². The summed E-state index contributed by atoms with van der Waals surface area (Å²) in [6, 6.07) is 9.07. The lowest BCUT2D eigenvalue weighted by Gasteiger charge is -2.27. The minimum atomic E-state index is 0.595. The molecule has 2 nitrogen and oxygen atoms in total. The predicted octanol–water partition coefficient (Wildman–Crippen LogP) is 4.31. The summed E-state index contributed by atoms with van der Waals surface area (Å²) in [4.78, 5) is 0. The van der Waals surface area contributed by atoms with E-state index >= 15 is 0 Å². The van der Waals surface area contributed by atoms with Crippen molar-refractivity contribution in [3.8, 4) is 5.75 Å². The molecule has 0 amide bonds. The molecule has 2 unspecified atom stereocenters. The molecule has 0 radical (unpaired) electrons. The summed E-state index contributed by atoms with van der Waals surface area (Å²) >= 11 is 0. The van der Waals surface area contributed by atoms with Gasteiger partial charge in [0.05, 0.1) is 0 Å². The van der Waals surface area contributed by atoms with E-state index in [1.54, 1.807) is 0 Å². The molecule has 1 N–H and O–H groups in total. The monoisotopic (exact) mass is 273 g/mol. The van der Waals surface area contributed by atoms with Gasteiger partial charge in [-0.25, -0.2) is 0 Å². The van der Waals surface area contributed by atoms with Gasteiger partial charge in [0, 0.05) is 12.6 Å². The van der Waals surface area contributed by atoms with Crippen LogP contribution in [0.5, 0.6) is 5.75 Å². The quantitative estimate of drug-likeness (QED) is 0.780. The van der Waals surface area contributed by atoms with Crippen LogP contribution in [0.3, 0.4) is 0 Å². The summed E-state index contributed by atoms with van der Waals surface area (Å²) in [6.07, 6.45) is 5.41. The van der Waals surface area contributed by atoms with E-state index in [1.807, 2.05) is 19.1 Å². The fourth-order valence-corrected chi connectivity index (χ4v) is 2.79. The highest BCUT2D eigenvalue weighted by molar-refractivity contribution is 5.27. The van der Waals surface area contributed by atoms with Gasteiger partial charge in [-0.2, -0.15) is 0 Å². The highest BCUT2D eigenvalue weighted by Crippen LogP contribution is 2.23. The smallest absolute Gasteiger partial charge is 0.119 e. The third-order valence-corrected chi connectivity index (χ3v) is 3.94. The van der Waals surface area contributed by atoms with E-state index in [9.17, 15) is 0 Å². The Morgan fingerprint density at radius 3 is 2.70 bits per heavy atom. The molecule has 0 bridgehead atoms. The molecule has 2 rings (SSSR count). The number of hydrogen-bond donors (Lipinski definition) is 1. The molecule has 1 aromatic rings. The molecule has 1 fully saturated rings. The van der Waals surface area contributed by atoms with Gasteiger partial charge in [-0.05, 0) is 49.0 Å². The molecular formula is C18H27NO. The lowest BCUT2D eigenvalue weighted by atomic mass is 9.87. The van der Waals surface area contributed by atoms with E-state index in [0.29, 0.717) is 12.6 Å². The zero-order chi connectivity index (χ0) is 14.4. The summed E-state index contributed by atoms with van der Waals surface area (Å²) in [5.41, 5.74) is 2.37. The molecule has 1 aromatic carbocycles. The molecule has 20 heavy (non-hydrogen) atoms. The topological polar surface area (TPSA) is 21.3 Å². The van der Waals surface area contributed by atoms with Gasteiger partial charge < -0.3 is 10.1 Å². The fourth-order valence-electron chi connectivity index (χ4n) is 2.79. The normalized spacial score (nSPS) is 22.5. The molecule has 0 heterocycles. The van der Waals surface area contributed by atoms with Crippen LogP contribution in [0.25, 0.3) is 0 Å². The average molecular weight is 273 g/mol. The maximum atomic E-state index is 5.61. The molecule has 0 spiro atoms. The summed E-state index contributed by atoms with van der Waals surface area (Å²) in [5, 5.41) is 3.68. The number of rotatable bonds is 6.